The van der Waals surface area contributed by atoms with Crippen LogP contribution in [-0.4, -0.2) is 22.4 Å². The van der Waals surface area contributed by atoms with Gasteiger partial charge in [-0.1, -0.05) is 29.8 Å². The van der Waals surface area contributed by atoms with Gasteiger partial charge in [-0.15, -0.1) is 0 Å². The van der Waals surface area contributed by atoms with E-state index in [0.717, 1.165) is 22.5 Å². The molecule has 2 aromatic heterocycles. The number of anilines is 1. The van der Waals surface area contributed by atoms with Gasteiger partial charge in [-0.2, -0.15) is 0 Å². The number of carbonyl (C=O) groups excluding carboxylic acids is 1. The van der Waals surface area contributed by atoms with E-state index in [0.29, 0.717) is 22.0 Å². The molecule has 1 N–H and O–H groups in total. The molecule has 4 rings (SSSR count). The lowest BCUT2D eigenvalue weighted by Gasteiger charge is -2.08. The van der Waals surface area contributed by atoms with Crippen LogP contribution in [0.2, 0.25) is 5.02 Å². The number of pyridine rings is 1. The molecule has 28 heavy (non-hydrogen) atoms. The summed E-state index contributed by atoms with van der Waals surface area (Å²) in [7, 11) is 1.55. The smallest absolute Gasteiger partial charge is 0.257 e. The summed E-state index contributed by atoms with van der Waals surface area (Å²) in [6.45, 7) is 2.04. The Hall–Kier alpha value is -3.31. The normalized spacial score (nSPS) is 10.8. The number of imidazole rings is 1. The molecule has 0 atom stereocenters. The fourth-order valence-electron chi connectivity index (χ4n) is 3.02. The molecular weight excluding hydrogens is 374 g/mol. The largest absolute Gasteiger partial charge is 0.497 e. The van der Waals surface area contributed by atoms with Crippen molar-refractivity contribution in [2.45, 2.75) is 6.92 Å². The van der Waals surface area contributed by atoms with Gasteiger partial charge in [-0.25, -0.2) is 4.98 Å². The molecule has 0 aliphatic rings. The van der Waals surface area contributed by atoms with Gasteiger partial charge < -0.3 is 14.5 Å². The van der Waals surface area contributed by atoms with Gasteiger partial charge in [-0.05, 0) is 48.9 Å². The second kappa shape index (κ2) is 7.37. The van der Waals surface area contributed by atoms with Crippen molar-refractivity contribution in [3.63, 3.8) is 0 Å². The van der Waals surface area contributed by atoms with E-state index in [9.17, 15) is 4.79 Å². The van der Waals surface area contributed by atoms with Crippen molar-refractivity contribution >= 4 is 28.8 Å². The van der Waals surface area contributed by atoms with Crippen molar-refractivity contribution in [3.8, 4) is 17.0 Å². The Morgan fingerprint density at radius 2 is 1.93 bits per heavy atom. The van der Waals surface area contributed by atoms with Crippen molar-refractivity contribution in [3.05, 3.63) is 83.1 Å². The van der Waals surface area contributed by atoms with Crippen LogP contribution in [0.3, 0.4) is 0 Å². The quantitative estimate of drug-likeness (QED) is 0.518. The SMILES string of the molecule is COc1ccc(C(=O)Nc2ccc(-c3cn4cccc(C)c4n3)cc2)c(Cl)c1. The average Bonchev–Trinajstić information content (AvgIpc) is 3.14. The van der Waals surface area contributed by atoms with E-state index in [-0.39, 0.29) is 5.91 Å². The van der Waals surface area contributed by atoms with E-state index in [1.165, 1.54) is 0 Å². The summed E-state index contributed by atoms with van der Waals surface area (Å²) in [5.41, 5.74) is 4.98. The predicted molar refractivity (Wildman–Crippen MR) is 111 cm³/mol. The molecule has 1 amide bonds. The molecular formula is C22H18ClN3O2. The van der Waals surface area contributed by atoms with Gasteiger partial charge in [0.25, 0.3) is 5.91 Å². The van der Waals surface area contributed by atoms with Crippen LogP contribution in [0.15, 0.2) is 67.0 Å². The molecule has 0 saturated heterocycles. The van der Waals surface area contributed by atoms with Crippen molar-refractivity contribution < 1.29 is 9.53 Å². The van der Waals surface area contributed by atoms with E-state index in [2.05, 4.69) is 5.32 Å². The first-order chi connectivity index (χ1) is 13.5. The summed E-state index contributed by atoms with van der Waals surface area (Å²) in [6.07, 6.45) is 3.97. The molecule has 4 aromatic rings. The summed E-state index contributed by atoms with van der Waals surface area (Å²) < 4.78 is 7.11. The van der Waals surface area contributed by atoms with E-state index in [1.807, 2.05) is 60.1 Å². The lowest BCUT2D eigenvalue weighted by molar-refractivity contribution is 0.102. The number of nitrogens with zero attached hydrogens (tertiary/aromatic N) is 2. The molecule has 0 fully saturated rings. The molecule has 5 nitrogen and oxygen atoms in total. The van der Waals surface area contributed by atoms with Crippen LogP contribution in [0.1, 0.15) is 15.9 Å². The number of aryl methyl sites for hydroxylation is 1. The zero-order valence-electron chi connectivity index (χ0n) is 15.4. The van der Waals surface area contributed by atoms with E-state index in [1.54, 1.807) is 25.3 Å². The minimum atomic E-state index is -0.274. The maximum atomic E-state index is 12.5. The molecule has 0 bridgehead atoms. The lowest BCUT2D eigenvalue weighted by atomic mass is 10.1. The highest BCUT2D eigenvalue weighted by molar-refractivity contribution is 6.34. The molecule has 0 aliphatic carbocycles. The second-order valence-corrected chi connectivity index (χ2v) is 6.83. The third kappa shape index (κ3) is 3.44. The summed E-state index contributed by atoms with van der Waals surface area (Å²) in [4.78, 5) is 17.2. The van der Waals surface area contributed by atoms with E-state index < -0.39 is 0 Å². The molecule has 6 heteroatoms. The number of rotatable bonds is 4. The molecule has 2 heterocycles. The third-order valence-corrected chi connectivity index (χ3v) is 4.85. The highest BCUT2D eigenvalue weighted by atomic mass is 35.5. The summed E-state index contributed by atoms with van der Waals surface area (Å²) >= 11 is 6.17. The number of halogens is 1. The molecule has 0 radical (unpaired) electrons. The van der Waals surface area contributed by atoms with Crippen LogP contribution in [0, 0.1) is 6.92 Å². The van der Waals surface area contributed by atoms with Gasteiger partial charge in [0.2, 0.25) is 0 Å². The van der Waals surface area contributed by atoms with Crippen LogP contribution in [-0.2, 0) is 0 Å². The van der Waals surface area contributed by atoms with Gasteiger partial charge in [0.1, 0.15) is 11.4 Å². The van der Waals surface area contributed by atoms with Gasteiger partial charge >= 0.3 is 0 Å². The number of nitrogens with one attached hydrogen (secondary N) is 1. The number of ether oxygens (including phenoxy) is 1. The number of fused-ring (bicyclic) bond motifs is 1. The number of carbonyl (C=O) groups is 1. The van der Waals surface area contributed by atoms with Crippen molar-refractivity contribution in [1.82, 2.24) is 9.38 Å². The van der Waals surface area contributed by atoms with Crippen molar-refractivity contribution in [1.29, 1.82) is 0 Å². The number of hydrogen-bond donors (Lipinski definition) is 1. The van der Waals surface area contributed by atoms with Crippen LogP contribution >= 0.6 is 11.6 Å². The zero-order chi connectivity index (χ0) is 19.7. The highest BCUT2D eigenvalue weighted by Gasteiger charge is 2.12. The Morgan fingerprint density at radius 1 is 1.14 bits per heavy atom. The van der Waals surface area contributed by atoms with Crippen molar-refractivity contribution in [2.75, 3.05) is 12.4 Å². The first-order valence-corrected chi connectivity index (χ1v) is 9.12. The van der Waals surface area contributed by atoms with Gasteiger partial charge in [0.05, 0.1) is 23.4 Å². The van der Waals surface area contributed by atoms with E-state index in [4.69, 9.17) is 21.3 Å². The Labute approximate surface area is 167 Å². The summed E-state index contributed by atoms with van der Waals surface area (Å²) in [5.74, 6) is 0.331. The number of amides is 1. The maximum absolute atomic E-state index is 12.5. The second-order valence-electron chi connectivity index (χ2n) is 6.43. The van der Waals surface area contributed by atoms with Crippen LogP contribution in [0.5, 0.6) is 5.75 Å². The number of aromatic nitrogens is 2. The van der Waals surface area contributed by atoms with Gasteiger partial charge in [-0.3, -0.25) is 4.79 Å². The molecule has 0 saturated carbocycles. The first-order valence-electron chi connectivity index (χ1n) is 8.75. The fraction of sp³-hybridized carbons (Fsp3) is 0.0909. The minimum absolute atomic E-state index is 0.274. The fourth-order valence-corrected chi connectivity index (χ4v) is 3.28. The van der Waals surface area contributed by atoms with Crippen LogP contribution < -0.4 is 10.1 Å². The first kappa shape index (κ1) is 18.1. The molecule has 0 aliphatic heterocycles. The molecule has 0 spiro atoms. The average molecular weight is 392 g/mol. The Kier molecular flexibility index (Phi) is 4.75. The van der Waals surface area contributed by atoms with Crippen LogP contribution in [0.4, 0.5) is 5.69 Å². The lowest BCUT2D eigenvalue weighted by Crippen LogP contribution is -2.12. The van der Waals surface area contributed by atoms with Crippen molar-refractivity contribution in [2.24, 2.45) is 0 Å². The topological polar surface area (TPSA) is 55.6 Å². The minimum Gasteiger partial charge on any atom is -0.497 e. The number of benzene rings is 2. The number of methoxy groups -OCH3 is 1. The molecule has 0 unspecified atom stereocenters. The monoisotopic (exact) mass is 391 g/mol. The number of hydrogen-bond acceptors (Lipinski definition) is 3. The third-order valence-electron chi connectivity index (χ3n) is 4.54. The maximum Gasteiger partial charge on any atom is 0.257 e. The zero-order valence-corrected chi connectivity index (χ0v) is 16.2. The van der Waals surface area contributed by atoms with Gasteiger partial charge in [0, 0.05) is 23.6 Å². The predicted octanol–water partition coefficient (Wildman–Crippen LogP) is 5.22. The standard InChI is InChI=1S/C22H18ClN3O2/c1-14-4-3-11-26-13-20(25-21(14)26)15-5-7-16(8-6-15)24-22(27)18-10-9-17(28-2)12-19(18)23/h3-13H,1-2H3,(H,24,27). The Bertz CT molecular complexity index is 1170. The Morgan fingerprint density at radius 3 is 2.61 bits per heavy atom. The Balaban J connectivity index is 1.54. The highest BCUT2D eigenvalue weighted by Crippen LogP contribution is 2.25. The molecule has 140 valence electrons. The van der Waals surface area contributed by atoms with E-state index >= 15 is 0 Å². The summed E-state index contributed by atoms with van der Waals surface area (Å²) in [5, 5.41) is 3.20. The van der Waals surface area contributed by atoms with Gasteiger partial charge in [0.15, 0.2) is 0 Å². The van der Waals surface area contributed by atoms with Crippen LogP contribution in [0.25, 0.3) is 16.9 Å². The summed E-state index contributed by atoms with van der Waals surface area (Å²) in [6, 6.07) is 16.6. The molecule has 2 aromatic carbocycles.